The molecule has 0 spiro atoms. The highest BCUT2D eigenvalue weighted by Gasteiger charge is 2.49. The van der Waals surface area contributed by atoms with Crippen LogP contribution < -0.4 is 4.90 Å². The zero-order valence-electron chi connectivity index (χ0n) is 10.3. The summed E-state index contributed by atoms with van der Waals surface area (Å²) in [4.78, 5) is 13.9. The van der Waals surface area contributed by atoms with Gasteiger partial charge < -0.3 is 10.0 Å². The van der Waals surface area contributed by atoms with Gasteiger partial charge in [-0.05, 0) is 23.8 Å². The van der Waals surface area contributed by atoms with Crippen LogP contribution in [0.4, 0.5) is 5.69 Å². The van der Waals surface area contributed by atoms with E-state index in [0.29, 0.717) is 21.8 Å². The number of carbonyl (C=O) groups is 1. The van der Waals surface area contributed by atoms with Crippen molar-refractivity contribution in [1.82, 2.24) is 0 Å². The van der Waals surface area contributed by atoms with Crippen LogP contribution in [0.2, 0.25) is 5.02 Å². The maximum atomic E-state index is 12.4. The first-order valence-corrected chi connectivity index (χ1v) is 6.29. The number of anilines is 1. The number of rotatable bonds is 1. The average Bonchev–Trinajstić information content (AvgIpc) is 2.63. The van der Waals surface area contributed by atoms with Crippen molar-refractivity contribution in [2.24, 2.45) is 0 Å². The lowest BCUT2D eigenvalue weighted by Crippen LogP contribution is -2.39. The fourth-order valence-electron chi connectivity index (χ4n) is 2.52. The van der Waals surface area contributed by atoms with Crippen molar-refractivity contribution in [2.75, 3.05) is 11.9 Å². The number of nitrogens with zero attached hydrogens (tertiary/aromatic N) is 1. The monoisotopic (exact) mass is 273 g/mol. The molecule has 1 atom stereocenters. The van der Waals surface area contributed by atoms with Crippen molar-refractivity contribution in [3.8, 4) is 0 Å². The van der Waals surface area contributed by atoms with Crippen LogP contribution in [0.1, 0.15) is 11.1 Å². The summed E-state index contributed by atoms with van der Waals surface area (Å²) in [5.74, 6) is -0.365. The van der Waals surface area contributed by atoms with E-state index >= 15 is 0 Å². The summed E-state index contributed by atoms with van der Waals surface area (Å²) in [6.07, 6.45) is 0. The number of hydrogen-bond donors (Lipinski definition) is 1. The summed E-state index contributed by atoms with van der Waals surface area (Å²) < 4.78 is 0. The van der Waals surface area contributed by atoms with Crippen LogP contribution in [0.5, 0.6) is 0 Å². The van der Waals surface area contributed by atoms with E-state index in [4.69, 9.17) is 11.6 Å². The Balaban J connectivity index is 2.29. The Labute approximate surface area is 116 Å². The highest BCUT2D eigenvalue weighted by molar-refractivity contribution is 6.31. The third kappa shape index (κ3) is 1.59. The van der Waals surface area contributed by atoms with Crippen LogP contribution in [0, 0.1) is 0 Å². The van der Waals surface area contributed by atoms with Crippen molar-refractivity contribution >= 4 is 23.2 Å². The molecular weight excluding hydrogens is 262 g/mol. The quantitative estimate of drug-likeness (QED) is 0.867. The molecule has 3 nitrogen and oxygen atoms in total. The predicted molar refractivity (Wildman–Crippen MR) is 74.3 cm³/mol. The van der Waals surface area contributed by atoms with E-state index in [2.05, 4.69) is 0 Å². The van der Waals surface area contributed by atoms with E-state index in [-0.39, 0.29) is 5.91 Å². The molecule has 0 aliphatic carbocycles. The normalized spacial score (nSPS) is 21.6. The highest BCUT2D eigenvalue weighted by Crippen LogP contribution is 2.44. The average molecular weight is 274 g/mol. The molecule has 1 aliphatic rings. The lowest BCUT2D eigenvalue weighted by atomic mass is 9.87. The molecule has 0 bridgehead atoms. The Kier molecular flexibility index (Phi) is 2.62. The van der Waals surface area contributed by atoms with E-state index < -0.39 is 5.60 Å². The van der Waals surface area contributed by atoms with Gasteiger partial charge in [0.1, 0.15) is 0 Å². The number of amides is 1. The molecule has 96 valence electrons. The lowest BCUT2D eigenvalue weighted by molar-refractivity contribution is -0.131. The number of hydrogen-bond acceptors (Lipinski definition) is 2. The third-order valence-corrected chi connectivity index (χ3v) is 3.75. The van der Waals surface area contributed by atoms with Gasteiger partial charge in [0.2, 0.25) is 0 Å². The van der Waals surface area contributed by atoms with E-state index in [1.54, 1.807) is 49.5 Å². The van der Waals surface area contributed by atoms with Crippen LogP contribution in [0.3, 0.4) is 0 Å². The van der Waals surface area contributed by atoms with Crippen molar-refractivity contribution < 1.29 is 9.90 Å². The zero-order chi connectivity index (χ0) is 13.6. The Morgan fingerprint density at radius 2 is 1.84 bits per heavy atom. The van der Waals surface area contributed by atoms with E-state index in [9.17, 15) is 9.90 Å². The van der Waals surface area contributed by atoms with Gasteiger partial charge in [0, 0.05) is 17.6 Å². The summed E-state index contributed by atoms with van der Waals surface area (Å²) in [6.45, 7) is 0. The maximum Gasteiger partial charge on any atom is 0.268 e. The number of likely N-dealkylation sites (N-methyl/N-ethyl adjacent to an activating group) is 1. The number of carbonyl (C=O) groups excluding carboxylic acids is 1. The van der Waals surface area contributed by atoms with Crippen molar-refractivity contribution in [1.29, 1.82) is 0 Å². The molecule has 2 aromatic carbocycles. The second-order valence-corrected chi connectivity index (χ2v) is 5.04. The maximum absolute atomic E-state index is 12.4. The Hall–Kier alpha value is -1.84. The molecule has 0 saturated carbocycles. The molecule has 0 saturated heterocycles. The molecule has 0 fully saturated rings. The van der Waals surface area contributed by atoms with Crippen molar-refractivity contribution in [2.45, 2.75) is 5.60 Å². The molecule has 3 rings (SSSR count). The number of halogens is 1. The van der Waals surface area contributed by atoms with Gasteiger partial charge in [-0.25, -0.2) is 0 Å². The second kappa shape index (κ2) is 4.08. The fourth-order valence-corrected chi connectivity index (χ4v) is 2.69. The molecule has 0 aromatic heterocycles. The first kappa shape index (κ1) is 12.2. The fraction of sp³-hybridized carbons (Fsp3) is 0.133. The molecule has 1 unspecified atom stereocenters. The zero-order valence-corrected chi connectivity index (χ0v) is 11.1. The molecule has 1 aliphatic heterocycles. The number of aliphatic hydroxyl groups is 1. The number of benzene rings is 2. The molecule has 4 heteroatoms. The molecule has 1 amide bonds. The largest absolute Gasteiger partial charge is 0.372 e. The minimum atomic E-state index is -1.66. The SMILES string of the molecule is CN1C(=O)C(O)(c2ccccc2)c2cc(Cl)ccc21. The van der Waals surface area contributed by atoms with Crippen LogP contribution in [0.25, 0.3) is 0 Å². The molecule has 1 N–H and O–H groups in total. The Morgan fingerprint density at radius 1 is 1.16 bits per heavy atom. The van der Waals surface area contributed by atoms with Gasteiger partial charge in [-0.3, -0.25) is 4.79 Å². The minimum Gasteiger partial charge on any atom is -0.372 e. The predicted octanol–water partition coefficient (Wildman–Crippen LogP) is 2.55. The standard InChI is InChI=1S/C15H12ClNO2/c1-17-13-8-7-11(16)9-12(13)15(19,14(17)18)10-5-3-2-4-6-10/h2-9,19H,1H3. The van der Waals surface area contributed by atoms with Crippen molar-refractivity contribution in [3.63, 3.8) is 0 Å². The van der Waals surface area contributed by atoms with E-state index in [0.717, 1.165) is 0 Å². The van der Waals surface area contributed by atoms with Gasteiger partial charge in [-0.15, -0.1) is 0 Å². The molecule has 19 heavy (non-hydrogen) atoms. The van der Waals surface area contributed by atoms with E-state index in [1.807, 2.05) is 6.07 Å². The summed E-state index contributed by atoms with van der Waals surface area (Å²) in [5.41, 5.74) is 0.100. The van der Waals surface area contributed by atoms with Gasteiger partial charge >= 0.3 is 0 Å². The summed E-state index contributed by atoms with van der Waals surface area (Å²) in [5, 5.41) is 11.4. The summed E-state index contributed by atoms with van der Waals surface area (Å²) >= 11 is 5.99. The van der Waals surface area contributed by atoms with Crippen LogP contribution in [0.15, 0.2) is 48.5 Å². The molecule has 0 radical (unpaired) electrons. The Morgan fingerprint density at radius 3 is 2.53 bits per heavy atom. The van der Waals surface area contributed by atoms with Crippen LogP contribution >= 0.6 is 11.6 Å². The van der Waals surface area contributed by atoms with Gasteiger partial charge in [-0.2, -0.15) is 0 Å². The van der Waals surface area contributed by atoms with Gasteiger partial charge in [-0.1, -0.05) is 41.9 Å². The van der Waals surface area contributed by atoms with Crippen LogP contribution in [-0.4, -0.2) is 18.1 Å². The first-order chi connectivity index (χ1) is 9.05. The van der Waals surface area contributed by atoms with E-state index in [1.165, 1.54) is 4.90 Å². The van der Waals surface area contributed by atoms with Gasteiger partial charge in [0.05, 0.1) is 5.69 Å². The topological polar surface area (TPSA) is 40.5 Å². The minimum absolute atomic E-state index is 0.365. The molecular formula is C15H12ClNO2. The molecule has 2 aromatic rings. The second-order valence-electron chi connectivity index (χ2n) is 4.60. The first-order valence-electron chi connectivity index (χ1n) is 5.91. The van der Waals surface area contributed by atoms with Crippen molar-refractivity contribution in [3.05, 3.63) is 64.7 Å². The summed E-state index contributed by atoms with van der Waals surface area (Å²) in [7, 11) is 1.65. The Bertz CT molecular complexity index is 656. The smallest absolute Gasteiger partial charge is 0.268 e. The molecule has 1 heterocycles. The highest BCUT2D eigenvalue weighted by atomic mass is 35.5. The van der Waals surface area contributed by atoms with Crippen LogP contribution in [-0.2, 0) is 10.4 Å². The summed E-state index contributed by atoms with van der Waals surface area (Å²) in [6, 6.07) is 14.0. The third-order valence-electron chi connectivity index (χ3n) is 3.52. The van der Waals surface area contributed by atoms with Gasteiger partial charge in [0.15, 0.2) is 5.60 Å². The van der Waals surface area contributed by atoms with Gasteiger partial charge in [0.25, 0.3) is 5.91 Å². The lowest BCUT2D eigenvalue weighted by Gasteiger charge is -2.22. The number of fused-ring (bicyclic) bond motifs is 1.